The van der Waals surface area contributed by atoms with Gasteiger partial charge in [0.2, 0.25) is 0 Å². The predicted molar refractivity (Wildman–Crippen MR) is 92.3 cm³/mol. The minimum atomic E-state index is -4.52. The zero-order valence-electron chi connectivity index (χ0n) is 14.5. The summed E-state index contributed by atoms with van der Waals surface area (Å²) < 4.78 is 49.4. The van der Waals surface area contributed by atoms with Gasteiger partial charge in [0.05, 0.1) is 6.61 Å². The van der Waals surface area contributed by atoms with Crippen molar-refractivity contribution in [2.75, 3.05) is 6.61 Å². The maximum Gasteiger partial charge on any atom is 0.414 e. The average molecular weight is 368 g/mol. The van der Waals surface area contributed by atoms with E-state index in [0.29, 0.717) is 12.0 Å². The van der Waals surface area contributed by atoms with E-state index in [1.165, 1.54) is 0 Å². The maximum absolute atomic E-state index is 13.1. The van der Waals surface area contributed by atoms with Crippen LogP contribution in [0.25, 0.3) is 0 Å². The molecule has 1 aliphatic carbocycles. The van der Waals surface area contributed by atoms with Crippen LogP contribution in [-0.4, -0.2) is 24.9 Å². The number of rotatable bonds is 8. The van der Waals surface area contributed by atoms with Crippen molar-refractivity contribution in [3.63, 3.8) is 0 Å². The molecule has 1 aliphatic rings. The third kappa shape index (κ3) is 7.44. The van der Waals surface area contributed by atoms with Gasteiger partial charge in [0.1, 0.15) is 6.61 Å². The second-order valence-corrected chi connectivity index (χ2v) is 6.14. The smallest absolute Gasteiger partial charge is 0.414 e. The molecule has 1 aromatic rings. The van der Waals surface area contributed by atoms with Crippen LogP contribution in [0.1, 0.15) is 37.7 Å². The summed E-state index contributed by atoms with van der Waals surface area (Å²) in [4.78, 5) is 11.8. The van der Waals surface area contributed by atoms with Crippen LogP contribution in [0.3, 0.4) is 0 Å². The summed E-state index contributed by atoms with van der Waals surface area (Å²) in [5.74, 6) is -0.642. The van der Waals surface area contributed by atoms with E-state index < -0.39 is 24.7 Å². The van der Waals surface area contributed by atoms with Gasteiger partial charge < -0.3 is 9.47 Å². The Bertz CT molecular complexity index is 621. The van der Waals surface area contributed by atoms with Gasteiger partial charge in [0.15, 0.2) is 6.10 Å². The molecule has 0 N–H and O–H groups in total. The van der Waals surface area contributed by atoms with E-state index >= 15 is 0 Å². The topological polar surface area (TPSA) is 35.5 Å². The summed E-state index contributed by atoms with van der Waals surface area (Å²) in [7, 11) is 0. The van der Waals surface area contributed by atoms with Gasteiger partial charge in [0, 0.05) is 6.42 Å². The third-order valence-corrected chi connectivity index (χ3v) is 4.00. The van der Waals surface area contributed by atoms with E-state index in [-0.39, 0.29) is 19.6 Å². The van der Waals surface area contributed by atoms with Crippen molar-refractivity contribution in [3.8, 4) is 0 Å². The maximum atomic E-state index is 13.1. The minimum absolute atomic E-state index is 0.130. The second kappa shape index (κ2) is 10.2. The fraction of sp³-hybridized carbons (Fsp3) is 0.450. The Morgan fingerprint density at radius 2 is 1.85 bits per heavy atom. The first-order valence-corrected chi connectivity index (χ1v) is 8.66. The quantitative estimate of drug-likeness (QED) is 0.472. The van der Waals surface area contributed by atoms with Gasteiger partial charge >= 0.3 is 12.1 Å². The van der Waals surface area contributed by atoms with Crippen molar-refractivity contribution >= 4 is 5.97 Å². The lowest BCUT2D eigenvalue weighted by Crippen LogP contribution is -2.32. The van der Waals surface area contributed by atoms with Gasteiger partial charge in [-0.15, -0.1) is 0 Å². The van der Waals surface area contributed by atoms with Gasteiger partial charge in [0.25, 0.3) is 0 Å². The first-order chi connectivity index (χ1) is 12.4. The molecule has 0 heterocycles. The summed E-state index contributed by atoms with van der Waals surface area (Å²) in [6.45, 7) is -0.0238. The van der Waals surface area contributed by atoms with Crippen molar-refractivity contribution in [2.24, 2.45) is 0 Å². The number of halogens is 3. The molecule has 0 spiro atoms. The molecule has 142 valence electrons. The van der Waals surface area contributed by atoms with Crippen molar-refractivity contribution in [1.82, 2.24) is 0 Å². The molecular formula is C20H23F3O3. The predicted octanol–water partition coefficient (Wildman–Crippen LogP) is 5.12. The zero-order chi connectivity index (χ0) is 18.8. The van der Waals surface area contributed by atoms with Gasteiger partial charge in [-0.25, -0.2) is 0 Å². The van der Waals surface area contributed by atoms with E-state index in [4.69, 9.17) is 9.47 Å². The van der Waals surface area contributed by atoms with Crippen LogP contribution in [0.5, 0.6) is 0 Å². The molecule has 1 aromatic carbocycles. The number of carbonyl (C=O) groups excluding carboxylic acids is 1. The molecule has 6 heteroatoms. The summed E-state index contributed by atoms with van der Waals surface area (Å²) in [5, 5.41) is 0. The van der Waals surface area contributed by atoms with E-state index in [1.54, 1.807) is 30.3 Å². The molecule has 0 bridgehead atoms. The number of ether oxygens (including phenoxy) is 2. The number of esters is 1. The monoisotopic (exact) mass is 368 g/mol. The number of carbonyl (C=O) groups is 1. The summed E-state index contributed by atoms with van der Waals surface area (Å²) in [5.41, 5.74) is 1.62. The van der Waals surface area contributed by atoms with Gasteiger partial charge in [-0.2, -0.15) is 13.2 Å². The summed E-state index contributed by atoms with van der Waals surface area (Å²) in [6, 6.07) is 8.62. The molecule has 0 aromatic heterocycles. The van der Waals surface area contributed by atoms with Crippen molar-refractivity contribution in [1.29, 1.82) is 0 Å². The van der Waals surface area contributed by atoms with Crippen LogP contribution in [0.4, 0.5) is 13.2 Å². The Morgan fingerprint density at radius 1 is 1.08 bits per heavy atom. The number of hydrogen-bond acceptors (Lipinski definition) is 3. The molecule has 0 saturated carbocycles. The molecule has 0 amide bonds. The molecule has 0 aliphatic heterocycles. The van der Waals surface area contributed by atoms with Crippen LogP contribution in [0.2, 0.25) is 0 Å². The Hall–Kier alpha value is -2.08. The molecule has 3 nitrogen and oxygen atoms in total. The fourth-order valence-electron chi connectivity index (χ4n) is 2.54. The van der Waals surface area contributed by atoms with Crippen LogP contribution in [-0.2, 0) is 20.9 Å². The molecule has 0 radical (unpaired) electrons. The van der Waals surface area contributed by atoms with E-state index in [2.05, 4.69) is 6.08 Å². The summed E-state index contributed by atoms with van der Waals surface area (Å²) >= 11 is 0. The lowest BCUT2D eigenvalue weighted by atomic mass is 10.1. The van der Waals surface area contributed by atoms with E-state index in [1.807, 2.05) is 12.2 Å². The summed E-state index contributed by atoms with van der Waals surface area (Å²) in [6.07, 6.45) is 1.31. The highest BCUT2D eigenvalue weighted by molar-refractivity contribution is 5.69. The second-order valence-electron chi connectivity index (χ2n) is 6.14. The Kier molecular flexibility index (Phi) is 7.91. The number of benzene rings is 1. The Labute approximate surface area is 151 Å². The van der Waals surface area contributed by atoms with E-state index in [0.717, 1.165) is 18.4 Å². The van der Waals surface area contributed by atoms with Crippen LogP contribution >= 0.6 is 0 Å². The average Bonchev–Trinajstić information content (AvgIpc) is 2.88. The number of hydrogen-bond donors (Lipinski definition) is 0. The minimum Gasteiger partial charge on any atom is -0.461 e. The first kappa shape index (κ1) is 20.2. The van der Waals surface area contributed by atoms with Gasteiger partial charge in [-0.05, 0) is 36.8 Å². The molecule has 1 atom stereocenters. The largest absolute Gasteiger partial charge is 0.461 e. The molecule has 0 saturated heterocycles. The SMILES string of the molecule is O=C(CCC(OCc1ccccc1)C(F)(F)F)OCC1=CCCC=CC1. The van der Waals surface area contributed by atoms with Gasteiger partial charge in [-0.3, -0.25) is 4.79 Å². The zero-order valence-corrected chi connectivity index (χ0v) is 14.5. The van der Waals surface area contributed by atoms with Gasteiger partial charge in [-0.1, -0.05) is 48.6 Å². The van der Waals surface area contributed by atoms with Crippen molar-refractivity contribution < 1.29 is 27.4 Å². The molecule has 0 fully saturated rings. The lowest BCUT2D eigenvalue weighted by Gasteiger charge is -2.20. The molecular weight excluding hydrogens is 345 g/mol. The standard InChI is InChI=1S/C20H23F3O3/c21-20(22,23)18(25-14-16-10-6-3-7-11-16)12-13-19(24)26-15-17-8-4-1-2-5-9-17/h1,3-4,6-7,9-11,18H,2,5,8,12-15H2. The number of alkyl halides is 3. The highest BCUT2D eigenvalue weighted by Crippen LogP contribution is 2.27. The first-order valence-electron chi connectivity index (χ1n) is 8.66. The van der Waals surface area contributed by atoms with Crippen LogP contribution < -0.4 is 0 Å². The lowest BCUT2D eigenvalue weighted by molar-refractivity contribution is -0.226. The van der Waals surface area contributed by atoms with E-state index in [9.17, 15) is 18.0 Å². The normalized spacial score (nSPS) is 15.9. The van der Waals surface area contributed by atoms with Crippen molar-refractivity contribution in [2.45, 2.75) is 51.0 Å². The molecule has 1 unspecified atom stereocenters. The van der Waals surface area contributed by atoms with Crippen LogP contribution in [0.15, 0.2) is 54.1 Å². The number of allylic oxidation sites excluding steroid dienone is 3. The Balaban J connectivity index is 1.77. The van der Waals surface area contributed by atoms with Crippen molar-refractivity contribution in [3.05, 3.63) is 59.7 Å². The Morgan fingerprint density at radius 3 is 2.58 bits per heavy atom. The molecule has 2 rings (SSSR count). The highest BCUT2D eigenvalue weighted by Gasteiger charge is 2.40. The highest BCUT2D eigenvalue weighted by atomic mass is 19.4. The molecule has 26 heavy (non-hydrogen) atoms. The fourth-order valence-corrected chi connectivity index (χ4v) is 2.54. The van der Waals surface area contributed by atoms with Crippen LogP contribution in [0, 0.1) is 0 Å². The third-order valence-electron chi connectivity index (χ3n) is 4.00.